The second kappa shape index (κ2) is 7.33. The van der Waals surface area contributed by atoms with Gasteiger partial charge in [0.25, 0.3) is 0 Å². The van der Waals surface area contributed by atoms with Crippen molar-refractivity contribution in [3.63, 3.8) is 0 Å². The van der Waals surface area contributed by atoms with Crippen LogP contribution in [-0.2, 0) is 4.79 Å². The van der Waals surface area contributed by atoms with Gasteiger partial charge in [0.15, 0.2) is 0 Å². The Bertz CT molecular complexity index is 384. The van der Waals surface area contributed by atoms with E-state index in [-0.39, 0.29) is 5.41 Å². The van der Waals surface area contributed by atoms with Crippen molar-refractivity contribution in [2.24, 2.45) is 22.5 Å². The third kappa shape index (κ3) is 4.04. The molecule has 0 radical (unpaired) electrons. The Morgan fingerprint density at radius 2 is 1.55 bits per heavy atom. The van der Waals surface area contributed by atoms with Crippen molar-refractivity contribution in [2.75, 3.05) is 0 Å². The zero-order chi connectivity index (χ0) is 16.2. The SMILES string of the molecule is CC12CCCCCCCCC(C)(C(N)C(=O)O)CC1CCC2. The highest BCUT2D eigenvalue weighted by Gasteiger charge is 2.45. The fourth-order valence-electron chi connectivity index (χ4n) is 4.99. The topological polar surface area (TPSA) is 63.3 Å². The van der Waals surface area contributed by atoms with E-state index in [1.165, 1.54) is 57.8 Å². The van der Waals surface area contributed by atoms with Crippen LogP contribution >= 0.6 is 0 Å². The van der Waals surface area contributed by atoms with Crippen molar-refractivity contribution in [3.8, 4) is 0 Å². The second-order valence-electron chi connectivity index (χ2n) is 8.54. The van der Waals surface area contributed by atoms with Crippen molar-refractivity contribution >= 4 is 5.97 Å². The Hall–Kier alpha value is -0.570. The lowest BCUT2D eigenvalue weighted by atomic mass is 9.65. The molecule has 0 heterocycles. The molecule has 128 valence electrons. The predicted molar refractivity (Wildman–Crippen MR) is 90.7 cm³/mol. The minimum Gasteiger partial charge on any atom is -0.480 e. The first kappa shape index (κ1) is 17.8. The molecule has 2 rings (SSSR count). The van der Waals surface area contributed by atoms with Gasteiger partial charge in [-0.05, 0) is 48.9 Å². The van der Waals surface area contributed by atoms with Crippen LogP contribution in [0.1, 0.15) is 90.9 Å². The van der Waals surface area contributed by atoms with Crippen LogP contribution in [-0.4, -0.2) is 17.1 Å². The Labute approximate surface area is 136 Å². The molecule has 3 heteroatoms. The number of fused-ring (bicyclic) bond motifs is 1. The number of carboxylic acid groups (broad SMARTS) is 1. The van der Waals surface area contributed by atoms with Gasteiger partial charge in [-0.15, -0.1) is 0 Å². The summed E-state index contributed by atoms with van der Waals surface area (Å²) >= 11 is 0. The molecule has 4 unspecified atom stereocenters. The maximum absolute atomic E-state index is 11.5. The van der Waals surface area contributed by atoms with Crippen LogP contribution in [0.25, 0.3) is 0 Å². The highest BCUT2D eigenvalue weighted by Crippen LogP contribution is 2.52. The average molecular weight is 309 g/mol. The zero-order valence-electron chi connectivity index (χ0n) is 14.6. The molecule has 0 bridgehead atoms. The summed E-state index contributed by atoms with van der Waals surface area (Å²) < 4.78 is 0. The largest absolute Gasteiger partial charge is 0.480 e. The molecule has 2 aliphatic carbocycles. The second-order valence-corrected chi connectivity index (χ2v) is 8.54. The fourth-order valence-corrected chi connectivity index (χ4v) is 4.99. The van der Waals surface area contributed by atoms with Crippen LogP contribution in [0, 0.1) is 16.7 Å². The van der Waals surface area contributed by atoms with Crippen molar-refractivity contribution in [1.29, 1.82) is 0 Å². The van der Waals surface area contributed by atoms with Crippen LogP contribution < -0.4 is 5.73 Å². The standard InChI is InChI=1S/C19H35NO2/c1-18-11-7-5-3-4-6-8-12-19(2,16(20)17(21)22)14-15(18)10-9-13-18/h15-16H,3-14,20H2,1-2H3,(H,21,22). The quantitative estimate of drug-likeness (QED) is 0.774. The Balaban J connectivity index is 2.18. The molecule has 0 saturated heterocycles. The van der Waals surface area contributed by atoms with Gasteiger partial charge < -0.3 is 10.8 Å². The van der Waals surface area contributed by atoms with E-state index in [4.69, 9.17) is 5.73 Å². The van der Waals surface area contributed by atoms with E-state index in [2.05, 4.69) is 13.8 Å². The van der Waals surface area contributed by atoms with Gasteiger partial charge in [-0.3, -0.25) is 4.79 Å². The molecule has 3 nitrogen and oxygen atoms in total. The lowest BCUT2D eigenvalue weighted by Gasteiger charge is -2.41. The van der Waals surface area contributed by atoms with Crippen molar-refractivity contribution < 1.29 is 9.90 Å². The third-order valence-corrected chi connectivity index (χ3v) is 6.76. The Kier molecular flexibility index (Phi) is 5.93. The summed E-state index contributed by atoms with van der Waals surface area (Å²) in [5, 5.41) is 9.47. The highest BCUT2D eigenvalue weighted by atomic mass is 16.4. The van der Waals surface area contributed by atoms with E-state index >= 15 is 0 Å². The monoisotopic (exact) mass is 309 g/mol. The lowest BCUT2D eigenvalue weighted by Crippen LogP contribution is -2.47. The number of rotatable bonds is 2. The van der Waals surface area contributed by atoms with Gasteiger partial charge in [-0.1, -0.05) is 58.8 Å². The first-order chi connectivity index (χ1) is 10.4. The number of hydrogen-bond donors (Lipinski definition) is 2. The molecule has 0 aromatic carbocycles. The van der Waals surface area contributed by atoms with Crippen LogP contribution in [0.4, 0.5) is 0 Å². The van der Waals surface area contributed by atoms with Crippen LogP contribution in [0.3, 0.4) is 0 Å². The van der Waals surface area contributed by atoms with Crippen LogP contribution in [0.2, 0.25) is 0 Å². The minimum atomic E-state index is -0.825. The molecule has 0 spiro atoms. The Morgan fingerprint density at radius 3 is 2.18 bits per heavy atom. The normalized spacial score (nSPS) is 39.3. The molecule has 0 aromatic rings. The van der Waals surface area contributed by atoms with Gasteiger partial charge in [-0.2, -0.15) is 0 Å². The van der Waals surface area contributed by atoms with Gasteiger partial charge >= 0.3 is 5.97 Å². The predicted octanol–water partition coefficient (Wildman–Crippen LogP) is 4.74. The summed E-state index contributed by atoms with van der Waals surface area (Å²) in [6.07, 6.45) is 14.8. The Morgan fingerprint density at radius 1 is 1.00 bits per heavy atom. The smallest absolute Gasteiger partial charge is 0.321 e. The van der Waals surface area contributed by atoms with E-state index < -0.39 is 12.0 Å². The van der Waals surface area contributed by atoms with Crippen molar-refractivity contribution in [3.05, 3.63) is 0 Å². The third-order valence-electron chi connectivity index (χ3n) is 6.76. The number of hydrogen-bond acceptors (Lipinski definition) is 2. The van der Waals surface area contributed by atoms with Crippen molar-refractivity contribution in [2.45, 2.75) is 96.9 Å². The van der Waals surface area contributed by atoms with Gasteiger partial charge in [0, 0.05) is 0 Å². The fraction of sp³-hybridized carbons (Fsp3) is 0.947. The summed E-state index contributed by atoms with van der Waals surface area (Å²) in [5.74, 6) is -0.170. The number of nitrogens with two attached hydrogens (primary N) is 1. The number of carboxylic acids is 1. The molecule has 0 aliphatic heterocycles. The van der Waals surface area contributed by atoms with Crippen molar-refractivity contribution in [1.82, 2.24) is 0 Å². The van der Waals surface area contributed by atoms with Gasteiger partial charge in [0.2, 0.25) is 0 Å². The number of carbonyl (C=O) groups is 1. The van der Waals surface area contributed by atoms with Crippen LogP contribution in [0.5, 0.6) is 0 Å². The van der Waals surface area contributed by atoms with E-state index in [0.29, 0.717) is 11.3 Å². The zero-order valence-corrected chi connectivity index (χ0v) is 14.6. The van der Waals surface area contributed by atoms with Gasteiger partial charge in [-0.25, -0.2) is 0 Å². The minimum absolute atomic E-state index is 0.249. The molecule has 0 amide bonds. The first-order valence-corrected chi connectivity index (χ1v) is 9.36. The molecule has 2 fully saturated rings. The van der Waals surface area contributed by atoms with Gasteiger partial charge in [0.05, 0.1) is 0 Å². The summed E-state index contributed by atoms with van der Waals surface area (Å²) in [5.41, 5.74) is 6.30. The van der Waals surface area contributed by atoms with E-state index in [1.54, 1.807) is 0 Å². The van der Waals surface area contributed by atoms with E-state index in [0.717, 1.165) is 19.3 Å². The molecular formula is C19H35NO2. The van der Waals surface area contributed by atoms with Gasteiger partial charge in [0.1, 0.15) is 6.04 Å². The molecule has 4 atom stereocenters. The highest BCUT2D eigenvalue weighted by molar-refractivity contribution is 5.74. The van der Waals surface area contributed by atoms with Crippen LogP contribution in [0.15, 0.2) is 0 Å². The number of aliphatic carboxylic acids is 1. The average Bonchev–Trinajstić information content (AvgIpc) is 2.80. The molecule has 22 heavy (non-hydrogen) atoms. The summed E-state index contributed by atoms with van der Waals surface area (Å²) in [7, 11) is 0. The lowest BCUT2D eigenvalue weighted by molar-refractivity contribution is -0.142. The maximum Gasteiger partial charge on any atom is 0.321 e. The first-order valence-electron chi connectivity index (χ1n) is 9.36. The molecule has 2 saturated carbocycles. The van der Waals surface area contributed by atoms with E-state index in [9.17, 15) is 9.90 Å². The molecular weight excluding hydrogens is 274 g/mol. The summed E-state index contributed by atoms with van der Waals surface area (Å²) in [4.78, 5) is 11.5. The molecule has 2 aliphatic rings. The molecule has 0 aromatic heterocycles. The summed E-state index contributed by atoms with van der Waals surface area (Å²) in [6, 6.07) is -0.722. The summed E-state index contributed by atoms with van der Waals surface area (Å²) in [6.45, 7) is 4.58. The maximum atomic E-state index is 11.5. The van der Waals surface area contributed by atoms with E-state index in [1.807, 2.05) is 0 Å². The molecule has 3 N–H and O–H groups in total.